The molecule has 2 aromatic rings. The number of benzene rings is 2. The predicted molar refractivity (Wildman–Crippen MR) is 87.3 cm³/mol. The third-order valence-corrected chi connectivity index (χ3v) is 4.68. The van der Waals surface area contributed by atoms with Crippen molar-refractivity contribution in [3.05, 3.63) is 65.2 Å². The van der Waals surface area contributed by atoms with Gasteiger partial charge in [-0.2, -0.15) is 9.98 Å². The molecule has 0 aliphatic heterocycles. The number of hydrogen-bond donors (Lipinski definition) is 1. The van der Waals surface area contributed by atoms with E-state index in [1.807, 2.05) is 31.2 Å². The zero-order valence-corrected chi connectivity index (χ0v) is 13.8. The highest BCUT2D eigenvalue weighted by molar-refractivity contribution is 7.89. The van der Waals surface area contributed by atoms with E-state index in [-0.39, 0.29) is 17.1 Å². The number of esters is 1. The van der Waals surface area contributed by atoms with E-state index in [0.29, 0.717) is 0 Å². The first kappa shape index (κ1) is 17.7. The number of aryl methyl sites for hydroxylation is 1. The van der Waals surface area contributed by atoms with Crippen LogP contribution in [0.15, 0.2) is 53.4 Å². The normalized spacial score (nSPS) is 10.8. The summed E-state index contributed by atoms with van der Waals surface area (Å²) < 4.78 is 31.5. The fourth-order valence-corrected chi connectivity index (χ4v) is 3.05. The Labute approximate surface area is 140 Å². The topological polar surface area (TPSA) is 96.3 Å². The minimum absolute atomic E-state index is 0.0121. The van der Waals surface area contributed by atoms with Crippen LogP contribution < -0.4 is 4.72 Å². The first-order chi connectivity index (χ1) is 11.4. The van der Waals surface area contributed by atoms with Gasteiger partial charge in [0.1, 0.15) is 19.2 Å². The van der Waals surface area contributed by atoms with Gasteiger partial charge in [-0.15, -0.1) is 0 Å². The molecule has 0 fully saturated rings. The second-order valence-corrected chi connectivity index (χ2v) is 6.81. The molecule has 0 amide bonds. The molecule has 0 saturated heterocycles. The van der Waals surface area contributed by atoms with Crippen molar-refractivity contribution in [2.24, 2.45) is 0 Å². The van der Waals surface area contributed by atoms with Crippen LogP contribution in [0.25, 0.3) is 0 Å². The van der Waals surface area contributed by atoms with Gasteiger partial charge in [-0.25, -0.2) is 8.42 Å². The maximum absolute atomic E-state index is 12.2. The lowest BCUT2D eigenvalue weighted by atomic mass is 10.2. The summed E-state index contributed by atoms with van der Waals surface area (Å²) >= 11 is 0. The van der Waals surface area contributed by atoms with Gasteiger partial charge in [-0.05, 0) is 24.6 Å². The first-order valence-electron chi connectivity index (χ1n) is 7.12. The van der Waals surface area contributed by atoms with E-state index in [1.54, 1.807) is 12.1 Å². The van der Waals surface area contributed by atoms with E-state index in [0.717, 1.165) is 11.1 Å². The van der Waals surface area contributed by atoms with E-state index in [4.69, 9.17) is 10.00 Å². The van der Waals surface area contributed by atoms with E-state index >= 15 is 0 Å². The third kappa shape index (κ3) is 4.65. The molecule has 0 saturated carbocycles. The van der Waals surface area contributed by atoms with Gasteiger partial charge in [0.2, 0.25) is 10.0 Å². The zero-order chi connectivity index (χ0) is 17.6. The van der Waals surface area contributed by atoms with Crippen molar-refractivity contribution in [1.82, 2.24) is 4.72 Å². The molecule has 0 aliphatic rings. The lowest BCUT2D eigenvalue weighted by Gasteiger charge is -2.08. The summed E-state index contributed by atoms with van der Waals surface area (Å²) in [6, 6.07) is 15.0. The second-order valence-electron chi connectivity index (χ2n) is 5.08. The number of nitrogens with one attached hydrogen (secondary N) is 1. The fraction of sp³-hybridized carbons (Fsp3) is 0.176. The monoisotopic (exact) mass is 344 g/mol. The third-order valence-electron chi connectivity index (χ3n) is 3.22. The van der Waals surface area contributed by atoms with Crippen LogP contribution in [0.2, 0.25) is 0 Å². The van der Waals surface area contributed by atoms with Crippen LogP contribution in [-0.2, 0) is 26.2 Å². The molecule has 0 radical (unpaired) electrons. The van der Waals surface area contributed by atoms with Gasteiger partial charge in [0.15, 0.2) is 0 Å². The quantitative estimate of drug-likeness (QED) is 0.807. The van der Waals surface area contributed by atoms with Gasteiger partial charge >= 0.3 is 5.97 Å². The standard InChI is InChI=1S/C17H16N2O4S/c1-13-6-8-14(9-7-13)12-23-17(20)11-19-24(21,22)16-5-3-2-4-15(16)10-18/h2-9,19H,11-12H2,1H3. The maximum Gasteiger partial charge on any atom is 0.321 e. The Morgan fingerprint density at radius 3 is 2.50 bits per heavy atom. The van der Waals surface area contributed by atoms with E-state index in [9.17, 15) is 13.2 Å². The van der Waals surface area contributed by atoms with Crippen LogP contribution in [0.1, 0.15) is 16.7 Å². The van der Waals surface area contributed by atoms with Crippen LogP contribution in [0.5, 0.6) is 0 Å². The molecule has 124 valence electrons. The van der Waals surface area contributed by atoms with Gasteiger partial charge in [-0.1, -0.05) is 42.0 Å². The summed E-state index contributed by atoms with van der Waals surface area (Å²) in [5, 5.41) is 8.96. The lowest BCUT2D eigenvalue weighted by molar-refractivity contribution is -0.143. The summed E-state index contributed by atoms with van der Waals surface area (Å²) in [4.78, 5) is 11.5. The molecule has 0 aromatic heterocycles. The van der Waals surface area contributed by atoms with Crippen LogP contribution in [0.3, 0.4) is 0 Å². The molecule has 0 bridgehead atoms. The summed E-state index contributed by atoms with van der Waals surface area (Å²) in [7, 11) is -3.96. The van der Waals surface area contributed by atoms with Crippen LogP contribution in [-0.4, -0.2) is 20.9 Å². The largest absolute Gasteiger partial charge is 0.460 e. The highest BCUT2D eigenvalue weighted by Gasteiger charge is 2.19. The van der Waals surface area contributed by atoms with Crippen LogP contribution in [0.4, 0.5) is 0 Å². The summed E-state index contributed by atoms with van der Waals surface area (Å²) in [6.07, 6.45) is 0. The van der Waals surface area contributed by atoms with Gasteiger partial charge in [-0.3, -0.25) is 4.79 Å². The number of carbonyl (C=O) groups is 1. The van der Waals surface area contributed by atoms with Crippen molar-refractivity contribution < 1.29 is 17.9 Å². The number of rotatable bonds is 6. The number of hydrogen-bond acceptors (Lipinski definition) is 5. The molecule has 0 spiro atoms. The van der Waals surface area contributed by atoms with Crippen LogP contribution >= 0.6 is 0 Å². The fourth-order valence-electron chi connectivity index (χ4n) is 1.92. The first-order valence-corrected chi connectivity index (χ1v) is 8.60. The molecule has 24 heavy (non-hydrogen) atoms. The highest BCUT2D eigenvalue weighted by atomic mass is 32.2. The zero-order valence-electron chi connectivity index (χ0n) is 13.0. The molecular weight excluding hydrogens is 328 g/mol. The average Bonchev–Trinajstić information content (AvgIpc) is 2.59. The Balaban J connectivity index is 1.93. The molecule has 0 unspecified atom stereocenters. The molecule has 2 rings (SSSR count). The van der Waals surface area contributed by atoms with Gasteiger partial charge in [0.05, 0.1) is 10.5 Å². The van der Waals surface area contributed by atoms with E-state index in [2.05, 4.69) is 4.72 Å². The Kier molecular flexibility index (Phi) is 5.68. The van der Waals surface area contributed by atoms with E-state index in [1.165, 1.54) is 18.2 Å². The van der Waals surface area contributed by atoms with Crippen molar-refractivity contribution in [3.63, 3.8) is 0 Å². The van der Waals surface area contributed by atoms with Gasteiger partial charge in [0.25, 0.3) is 0 Å². The molecule has 6 nitrogen and oxygen atoms in total. The average molecular weight is 344 g/mol. The maximum atomic E-state index is 12.2. The minimum atomic E-state index is -3.96. The summed E-state index contributed by atoms with van der Waals surface area (Å²) in [6.45, 7) is 1.51. The highest BCUT2D eigenvalue weighted by Crippen LogP contribution is 2.13. The molecule has 1 N–H and O–H groups in total. The number of ether oxygens (including phenoxy) is 1. The van der Waals surface area contributed by atoms with Gasteiger partial charge < -0.3 is 4.74 Å². The Morgan fingerprint density at radius 1 is 1.17 bits per heavy atom. The van der Waals surface area contributed by atoms with Crippen molar-refractivity contribution >= 4 is 16.0 Å². The Bertz CT molecular complexity index is 868. The predicted octanol–water partition coefficient (Wildman–Crippen LogP) is 1.89. The number of nitrogens with zero attached hydrogens (tertiary/aromatic N) is 1. The summed E-state index contributed by atoms with van der Waals surface area (Å²) in [5.74, 6) is -0.700. The lowest BCUT2D eigenvalue weighted by Crippen LogP contribution is -2.31. The van der Waals surface area contributed by atoms with Crippen LogP contribution in [0, 0.1) is 18.3 Å². The van der Waals surface area contributed by atoms with Gasteiger partial charge in [0, 0.05) is 0 Å². The summed E-state index contributed by atoms with van der Waals surface area (Å²) in [5.41, 5.74) is 1.92. The van der Waals surface area contributed by atoms with E-state index < -0.39 is 22.5 Å². The molecule has 0 atom stereocenters. The Hall–Kier alpha value is -2.69. The SMILES string of the molecule is Cc1ccc(COC(=O)CNS(=O)(=O)c2ccccc2C#N)cc1. The molecule has 2 aromatic carbocycles. The van der Waals surface area contributed by atoms with Crippen molar-refractivity contribution in [2.75, 3.05) is 6.54 Å². The van der Waals surface area contributed by atoms with Crippen molar-refractivity contribution in [1.29, 1.82) is 5.26 Å². The molecule has 7 heteroatoms. The smallest absolute Gasteiger partial charge is 0.321 e. The molecule has 0 heterocycles. The second kappa shape index (κ2) is 7.73. The molecular formula is C17H16N2O4S. The molecule has 0 aliphatic carbocycles. The minimum Gasteiger partial charge on any atom is -0.460 e. The number of nitriles is 1. The Morgan fingerprint density at radius 2 is 1.83 bits per heavy atom. The number of sulfonamides is 1. The van der Waals surface area contributed by atoms with Crippen molar-refractivity contribution in [2.45, 2.75) is 18.4 Å². The van der Waals surface area contributed by atoms with Crippen molar-refractivity contribution in [3.8, 4) is 6.07 Å². The number of carbonyl (C=O) groups excluding carboxylic acids is 1.